The van der Waals surface area contributed by atoms with Crippen LogP contribution in [0.5, 0.6) is 0 Å². The smallest absolute Gasteiger partial charge is 0.417 e. The highest BCUT2D eigenvalue weighted by molar-refractivity contribution is 5.74. The molecule has 0 saturated heterocycles. The van der Waals surface area contributed by atoms with Gasteiger partial charge in [-0.2, -0.15) is 73.7 Å². The number of alkyl halides is 12. The molecule has 0 saturated carbocycles. The molecule has 0 atom stereocenters. The highest BCUT2D eigenvalue weighted by atomic mass is 19.4. The molecule has 0 bridgehead atoms. The van der Waals surface area contributed by atoms with Gasteiger partial charge in [0.2, 0.25) is 21.9 Å². The number of aromatic nitrogens is 2. The predicted molar refractivity (Wildman–Crippen MR) is 130 cm³/mol. The van der Waals surface area contributed by atoms with E-state index in [1.807, 2.05) is 0 Å². The molecular formula is C28H6F12N6O2. The van der Waals surface area contributed by atoms with Crippen LogP contribution in [0.1, 0.15) is 22.3 Å². The van der Waals surface area contributed by atoms with Crippen molar-refractivity contribution in [1.29, 1.82) is 21.0 Å². The minimum Gasteiger partial charge on any atom is -0.431 e. The van der Waals surface area contributed by atoms with Gasteiger partial charge >= 0.3 is 24.7 Å². The van der Waals surface area contributed by atoms with Gasteiger partial charge < -0.3 is 8.83 Å². The van der Waals surface area contributed by atoms with Crippen molar-refractivity contribution in [3.05, 3.63) is 80.6 Å². The number of rotatable bonds is 2. The number of benzene rings is 2. The Morgan fingerprint density at radius 1 is 0.500 bits per heavy atom. The van der Waals surface area contributed by atoms with Crippen LogP contribution in [0, 0.1) is 56.2 Å². The van der Waals surface area contributed by atoms with Crippen molar-refractivity contribution in [2.75, 3.05) is 0 Å². The molecule has 2 aromatic carbocycles. The lowest BCUT2D eigenvalue weighted by Gasteiger charge is -2.15. The normalized spacial score (nSPS) is 12.8. The minimum absolute atomic E-state index is 0.0202. The second kappa shape index (κ2) is 11.8. The summed E-state index contributed by atoms with van der Waals surface area (Å²) in [5, 5.41) is 37.1. The van der Waals surface area contributed by atoms with Gasteiger partial charge in [-0.15, -0.1) is 0 Å². The van der Waals surface area contributed by atoms with E-state index in [0.717, 1.165) is 0 Å². The Hall–Kier alpha value is -6.28. The molecule has 2 heterocycles. The monoisotopic (exact) mass is 686 g/mol. The highest BCUT2D eigenvalue weighted by Crippen LogP contribution is 2.43. The Morgan fingerprint density at radius 2 is 0.812 bits per heavy atom. The molecule has 0 aliphatic rings. The van der Waals surface area contributed by atoms with E-state index in [9.17, 15) is 73.7 Å². The molecule has 2 aromatic heterocycles. The van der Waals surface area contributed by atoms with Gasteiger partial charge in [-0.1, -0.05) is 0 Å². The fourth-order valence-electron chi connectivity index (χ4n) is 4.10. The predicted octanol–water partition coefficient (Wildman–Crippen LogP) is 6.75. The fourth-order valence-corrected chi connectivity index (χ4v) is 4.10. The van der Waals surface area contributed by atoms with Crippen LogP contribution in [0.25, 0.3) is 33.7 Å². The first-order valence-electron chi connectivity index (χ1n) is 12.1. The molecule has 0 spiro atoms. The van der Waals surface area contributed by atoms with Crippen LogP contribution in [-0.4, -0.2) is 9.97 Å². The largest absolute Gasteiger partial charge is 0.431 e. The molecule has 0 fully saturated rings. The van der Waals surface area contributed by atoms with Gasteiger partial charge in [0.1, 0.15) is 35.7 Å². The standard InChI is InChI=1S/C28H6F12N6O2/c29-25(30,31)13-1-3-17(27(35,36)37)15(5-13)19-21(47-23(45-19)11(7-41)8-42)22-20(46-24(48-22)12(9-43)10-44)16-6-14(26(32,33)34)2-4-18(16)28(38,39)40/h1-6H/b22-21+. The van der Waals surface area contributed by atoms with Crippen molar-refractivity contribution < 1.29 is 61.5 Å². The molecule has 48 heavy (non-hydrogen) atoms. The van der Waals surface area contributed by atoms with Gasteiger partial charge in [-0.25, -0.2) is 9.97 Å². The van der Waals surface area contributed by atoms with Crippen LogP contribution in [0.3, 0.4) is 0 Å². The average Bonchev–Trinajstić information content (AvgIpc) is 3.61. The first-order chi connectivity index (χ1) is 22.1. The maximum atomic E-state index is 14.1. The third-order valence-electron chi connectivity index (χ3n) is 6.15. The van der Waals surface area contributed by atoms with Crippen LogP contribution in [-0.2, 0) is 24.7 Å². The minimum atomic E-state index is -5.48. The molecule has 4 aromatic rings. The van der Waals surface area contributed by atoms with Gasteiger partial charge in [0, 0.05) is 11.1 Å². The quantitative estimate of drug-likeness (QED) is 0.210. The van der Waals surface area contributed by atoms with E-state index < -0.39 is 103 Å². The Labute approximate surface area is 256 Å². The van der Waals surface area contributed by atoms with Crippen LogP contribution >= 0.6 is 0 Å². The van der Waals surface area contributed by atoms with Crippen LogP contribution in [0.15, 0.2) is 45.2 Å². The summed E-state index contributed by atoms with van der Waals surface area (Å²) in [6.07, 6.45) is -21.6. The van der Waals surface area contributed by atoms with E-state index in [1.54, 1.807) is 0 Å². The second-order valence-electron chi connectivity index (χ2n) is 9.10. The van der Waals surface area contributed by atoms with Crippen LogP contribution < -0.4 is 11.1 Å². The second-order valence-corrected chi connectivity index (χ2v) is 9.10. The zero-order chi connectivity index (χ0) is 36.0. The Bertz CT molecular complexity index is 2150. The number of oxazole rings is 2. The van der Waals surface area contributed by atoms with Gasteiger partial charge in [0.25, 0.3) is 0 Å². The van der Waals surface area contributed by atoms with E-state index >= 15 is 0 Å². The lowest BCUT2D eigenvalue weighted by Crippen LogP contribution is -2.12. The van der Waals surface area contributed by atoms with Crippen molar-refractivity contribution in [2.45, 2.75) is 24.7 Å². The summed E-state index contributed by atoms with van der Waals surface area (Å²) in [5.74, 6) is 0. The lowest BCUT2D eigenvalue weighted by molar-refractivity contribution is -0.141. The first kappa shape index (κ1) is 34.6. The Kier molecular flexibility index (Phi) is 8.52. The summed E-state index contributed by atoms with van der Waals surface area (Å²) in [5.41, 5.74) is -20.4. The summed E-state index contributed by atoms with van der Waals surface area (Å²) in [4.78, 5) is 7.02. The molecule has 0 aliphatic carbocycles. The zero-order valence-electron chi connectivity index (χ0n) is 22.5. The molecule has 0 amide bonds. The van der Waals surface area contributed by atoms with Crippen molar-refractivity contribution in [2.24, 2.45) is 0 Å². The highest BCUT2D eigenvalue weighted by Gasteiger charge is 2.40. The number of hydrogen-bond donors (Lipinski definition) is 0. The number of nitrogens with zero attached hydrogens (tertiary/aromatic N) is 6. The molecule has 8 nitrogen and oxygen atoms in total. The van der Waals surface area contributed by atoms with E-state index in [0.29, 0.717) is 0 Å². The van der Waals surface area contributed by atoms with Gasteiger partial charge in [0.15, 0.2) is 11.1 Å². The molecule has 0 aliphatic heterocycles. The third kappa shape index (κ3) is 6.50. The van der Waals surface area contributed by atoms with E-state index in [-0.39, 0.29) is 36.4 Å². The number of halogens is 12. The van der Waals surface area contributed by atoms with Crippen LogP contribution in [0.2, 0.25) is 0 Å². The maximum Gasteiger partial charge on any atom is 0.417 e. The molecule has 0 N–H and O–H groups in total. The summed E-state index contributed by atoms with van der Waals surface area (Å²) in [6.45, 7) is 0. The van der Waals surface area contributed by atoms with E-state index in [1.165, 1.54) is 24.3 Å². The summed E-state index contributed by atoms with van der Waals surface area (Å²) >= 11 is 0. The molecule has 0 radical (unpaired) electrons. The summed E-state index contributed by atoms with van der Waals surface area (Å²) < 4.78 is 177. The van der Waals surface area contributed by atoms with Crippen LogP contribution in [0.4, 0.5) is 52.7 Å². The van der Waals surface area contributed by atoms with Crippen molar-refractivity contribution in [3.63, 3.8) is 0 Å². The van der Waals surface area contributed by atoms with Gasteiger partial charge in [0.05, 0.1) is 22.3 Å². The van der Waals surface area contributed by atoms with Crippen molar-refractivity contribution in [1.82, 2.24) is 9.97 Å². The number of hydrogen-bond acceptors (Lipinski definition) is 8. The van der Waals surface area contributed by atoms with Crippen molar-refractivity contribution in [3.8, 4) is 46.8 Å². The molecular weight excluding hydrogens is 680 g/mol. The molecule has 20 heteroatoms. The van der Waals surface area contributed by atoms with Gasteiger partial charge in [-0.05, 0) is 36.4 Å². The molecule has 4 rings (SSSR count). The zero-order valence-corrected chi connectivity index (χ0v) is 22.5. The molecule has 244 valence electrons. The lowest BCUT2D eigenvalue weighted by atomic mass is 9.98. The van der Waals surface area contributed by atoms with Crippen molar-refractivity contribution >= 4 is 11.1 Å². The number of nitriles is 4. The maximum absolute atomic E-state index is 14.1. The molecule has 0 unspecified atom stereocenters. The first-order valence-corrected chi connectivity index (χ1v) is 12.1. The summed E-state index contributed by atoms with van der Waals surface area (Å²) in [6, 6.07) is 4.60. The topological polar surface area (TPSA) is 147 Å². The Morgan fingerprint density at radius 3 is 1.06 bits per heavy atom. The van der Waals surface area contributed by atoms with E-state index in [4.69, 9.17) is 8.83 Å². The average molecular weight is 686 g/mol. The fraction of sp³-hybridized carbons (Fsp3) is 0.143. The third-order valence-corrected chi connectivity index (χ3v) is 6.15. The summed E-state index contributed by atoms with van der Waals surface area (Å²) in [7, 11) is 0. The SMILES string of the molecule is N#CC(C#N)=c1nc(-c2cc(C(F)(F)F)ccc2C(F)(F)F)/c(=c2\oc(=C(C#N)C#N)nc2-c2cc(C(F)(F)F)ccc2C(F)(F)F)o1. The Balaban J connectivity index is 2.46. The van der Waals surface area contributed by atoms with E-state index in [2.05, 4.69) is 9.97 Å². The van der Waals surface area contributed by atoms with Gasteiger partial charge in [-0.3, -0.25) is 0 Å².